The van der Waals surface area contributed by atoms with Gasteiger partial charge < -0.3 is 18.5 Å². The van der Waals surface area contributed by atoms with Gasteiger partial charge in [0.05, 0.1) is 6.10 Å². The number of hydrogen-bond donors (Lipinski definition) is 0. The first-order valence-corrected chi connectivity index (χ1v) is 9.92. The van der Waals surface area contributed by atoms with Gasteiger partial charge in [-0.1, -0.05) is 18.2 Å². The molecule has 1 saturated heterocycles. The van der Waals surface area contributed by atoms with E-state index in [1.165, 1.54) is 0 Å². The lowest BCUT2D eigenvalue weighted by atomic mass is 10.1. The highest BCUT2D eigenvalue weighted by molar-refractivity contribution is 6.01. The number of esters is 1. The highest BCUT2D eigenvalue weighted by Gasteiger charge is 2.23. The Morgan fingerprint density at radius 3 is 2.72 bits per heavy atom. The average molecular weight is 395 g/mol. The second-order valence-corrected chi connectivity index (χ2v) is 7.58. The Bertz CT molecular complexity index is 1070. The number of benzene rings is 1. The molecule has 0 saturated carbocycles. The third-order valence-electron chi connectivity index (χ3n) is 5.65. The number of ketones is 1. The van der Waals surface area contributed by atoms with Crippen LogP contribution in [0.5, 0.6) is 0 Å². The van der Waals surface area contributed by atoms with Crippen LogP contribution in [-0.2, 0) is 16.0 Å². The predicted molar refractivity (Wildman–Crippen MR) is 108 cm³/mol. The van der Waals surface area contributed by atoms with Gasteiger partial charge in [0.25, 0.3) is 0 Å². The Balaban J connectivity index is 1.45. The quantitative estimate of drug-likeness (QED) is 0.458. The van der Waals surface area contributed by atoms with Crippen LogP contribution in [0, 0.1) is 20.8 Å². The lowest BCUT2D eigenvalue weighted by Gasteiger charge is -2.14. The molecule has 6 heteroatoms. The summed E-state index contributed by atoms with van der Waals surface area (Å²) in [4.78, 5) is 25.2. The molecule has 1 aliphatic heterocycles. The number of carbonyl (C=O) groups is 2. The molecule has 0 radical (unpaired) electrons. The largest absolute Gasteiger partial charge is 0.451 e. The summed E-state index contributed by atoms with van der Waals surface area (Å²) in [6.07, 6.45) is 2.30. The number of ether oxygens (including phenoxy) is 2. The molecule has 3 heterocycles. The lowest BCUT2D eigenvalue weighted by Crippen LogP contribution is -2.18. The minimum atomic E-state index is -0.625. The van der Waals surface area contributed by atoms with Crippen molar-refractivity contribution in [2.24, 2.45) is 0 Å². The van der Waals surface area contributed by atoms with Crippen LogP contribution in [0.4, 0.5) is 0 Å². The van der Waals surface area contributed by atoms with Crippen LogP contribution >= 0.6 is 0 Å². The second kappa shape index (κ2) is 7.87. The highest BCUT2D eigenvalue weighted by Crippen LogP contribution is 2.26. The molecule has 0 N–H and O–H groups in total. The number of nitrogens with zero attached hydrogens (tertiary/aromatic N) is 1. The molecular formula is C23H25NO5. The number of aromatic nitrogens is 1. The van der Waals surface area contributed by atoms with E-state index in [2.05, 4.69) is 4.57 Å². The van der Waals surface area contributed by atoms with Gasteiger partial charge >= 0.3 is 5.97 Å². The number of rotatable bonds is 6. The Morgan fingerprint density at radius 2 is 2.00 bits per heavy atom. The predicted octanol–water partition coefficient (Wildman–Crippen LogP) is 4.38. The van der Waals surface area contributed by atoms with E-state index in [-0.39, 0.29) is 24.3 Å². The van der Waals surface area contributed by atoms with Crippen molar-refractivity contribution in [3.05, 3.63) is 58.6 Å². The zero-order valence-corrected chi connectivity index (χ0v) is 17.0. The summed E-state index contributed by atoms with van der Waals surface area (Å²) >= 11 is 0. The van der Waals surface area contributed by atoms with Crippen LogP contribution < -0.4 is 0 Å². The fourth-order valence-corrected chi connectivity index (χ4v) is 4.00. The maximum Gasteiger partial charge on any atom is 0.375 e. The summed E-state index contributed by atoms with van der Waals surface area (Å²) in [6, 6.07) is 9.27. The van der Waals surface area contributed by atoms with Gasteiger partial charge in [-0.05, 0) is 45.7 Å². The molecule has 1 aromatic carbocycles. The molecule has 0 bridgehead atoms. The lowest BCUT2D eigenvalue weighted by molar-refractivity contribution is 0.0445. The number of fused-ring (bicyclic) bond motifs is 1. The Kier molecular flexibility index (Phi) is 5.28. The van der Waals surface area contributed by atoms with E-state index in [0.717, 1.165) is 42.8 Å². The van der Waals surface area contributed by atoms with Crippen molar-refractivity contribution < 1.29 is 23.5 Å². The first kappa shape index (κ1) is 19.5. The van der Waals surface area contributed by atoms with E-state index in [9.17, 15) is 9.59 Å². The fraction of sp³-hybridized carbons (Fsp3) is 0.391. The van der Waals surface area contributed by atoms with Gasteiger partial charge in [0.15, 0.2) is 6.61 Å². The molecule has 2 aromatic heterocycles. The molecule has 29 heavy (non-hydrogen) atoms. The van der Waals surface area contributed by atoms with E-state index in [1.54, 1.807) is 6.07 Å². The van der Waals surface area contributed by atoms with Crippen LogP contribution in [0.25, 0.3) is 11.0 Å². The van der Waals surface area contributed by atoms with Crippen molar-refractivity contribution in [2.45, 2.75) is 46.3 Å². The molecule has 1 aliphatic rings. The molecule has 6 nitrogen and oxygen atoms in total. The Labute approximate surface area is 169 Å². The van der Waals surface area contributed by atoms with E-state index >= 15 is 0 Å². The number of para-hydroxylation sites is 1. The normalized spacial score (nSPS) is 16.4. The molecule has 0 spiro atoms. The summed E-state index contributed by atoms with van der Waals surface area (Å²) in [5.41, 5.74) is 3.79. The van der Waals surface area contributed by atoms with Gasteiger partial charge in [0, 0.05) is 41.1 Å². The molecule has 4 rings (SSSR count). The highest BCUT2D eigenvalue weighted by atomic mass is 16.5. The summed E-state index contributed by atoms with van der Waals surface area (Å²) in [5.74, 6) is -0.707. The third kappa shape index (κ3) is 3.72. The monoisotopic (exact) mass is 395 g/mol. The number of Topliss-reactive ketones (excluding diaryl/α,β-unsaturated/α-hetero) is 1. The van der Waals surface area contributed by atoms with E-state index in [0.29, 0.717) is 16.7 Å². The summed E-state index contributed by atoms with van der Waals surface area (Å²) < 4.78 is 18.7. The summed E-state index contributed by atoms with van der Waals surface area (Å²) in [6.45, 7) is 6.92. The van der Waals surface area contributed by atoms with Crippen LogP contribution in [0.1, 0.15) is 50.7 Å². The smallest absolute Gasteiger partial charge is 0.375 e. The summed E-state index contributed by atoms with van der Waals surface area (Å²) in [5, 5.41) is 0.864. The zero-order valence-electron chi connectivity index (χ0n) is 17.0. The number of carbonyl (C=O) groups excluding carboxylic acids is 2. The van der Waals surface area contributed by atoms with E-state index < -0.39 is 5.97 Å². The molecule has 3 aromatic rings. The Hall–Kier alpha value is -2.86. The number of hydrogen-bond acceptors (Lipinski definition) is 5. The van der Waals surface area contributed by atoms with Gasteiger partial charge in [-0.2, -0.15) is 0 Å². The minimum absolute atomic E-state index is 0.142. The first-order chi connectivity index (χ1) is 14.0. The van der Waals surface area contributed by atoms with Crippen LogP contribution in [0.2, 0.25) is 0 Å². The topological polar surface area (TPSA) is 70.7 Å². The SMILES string of the molecule is Cc1c(C(=O)OCC(=O)c2cc(C)n(C[C@H]3CCCO3)c2C)oc2ccccc12. The standard InChI is InChI=1S/C23H25NO5/c1-14-11-19(16(3)24(14)12-17-7-6-10-27-17)20(25)13-28-23(26)22-15(2)18-8-4-5-9-21(18)29-22/h4-5,8-9,11,17H,6-7,10,12-13H2,1-3H3/t17-/m1/s1. The maximum atomic E-state index is 12.7. The van der Waals surface area contributed by atoms with Crippen molar-refractivity contribution in [3.63, 3.8) is 0 Å². The van der Waals surface area contributed by atoms with Crippen molar-refractivity contribution >= 4 is 22.7 Å². The second-order valence-electron chi connectivity index (χ2n) is 7.58. The molecule has 0 aliphatic carbocycles. The zero-order chi connectivity index (χ0) is 20.5. The third-order valence-corrected chi connectivity index (χ3v) is 5.65. The Morgan fingerprint density at radius 1 is 1.21 bits per heavy atom. The van der Waals surface area contributed by atoms with E-state index in [1.807, 2.05) is 45.0 Å². The maximum absolute atomic E-state index is 12.7. The molecule has 1 atom stereocenters. The van der Waals surface area contributed by atoms with E-state index in [4.69, 9.17) is 13.9 Å². The van der Waals surface area contributed by atoms with Crippen molar-refractivity contribution in [3.8, 4) is 0 Å². The summed E-state index contributed by atoms with van der Waals surface area (Å²) in [7, 11) is 0. The fourth-order valence-electron chi connectivity index (χ4n) is 4.00. The van der Waals surface area contributed by atoms with Crippen LogP contribution in [-0.4, -0.2) is 35.6 Å². The van der Waals surface area contributed by atoms with Crippen molar-refractivity contribution in [1.29, 1.82) is 0 Å². The van der Waals surface area contributed by atoms with Gasteiger partial charge in [0.1, 0.15) is 5.58 Å². The van der Waals surface area contributed by atoms with Crippen LogP contribution in [0.3, 0.4) is 0 Å². The number of aryl methyl sites for hydroxylation is 2. The molecule has 0 unspecified atom stereocenters. The first-order valence-electron chi connectivity index (χ1n) is 9.92. The molecule has 0 amide bonds. The minimum Gasteiger partial charge on any atom is -0.451 e. The van der Waals surface area contributed by atoms with Crippen molar-refractivity contribution in [1.82, 2.24) is 4.57 Å². The van der Waals surface area contributed by atoms with Gasteiger partial charge in [-0.3, -0.25) is 4.79 Å². The van der Waals surface area contributed by atoms with Crippen molar-refractivity contribution in [2.75, 3.05) is 13.2 Å². The van der Waals surface area contributed by atoms with Crippen LogP contribution in [0.15, 0.2) is 34.7 Å². The average Bonchev–Trinajstić information content (AvgIpc) is 3.42. The molecule has 152 valence electrons. The van der Waals surface area contributed by atoms with Gasteiger partial charge in [-0.15, -0.1) is 0 Å². The number of furan rings is 1. The molecule has 1 fully saturated rings. The molecular weight excluding hydrogens is 370 g/mol. The van der Waals surface area contributed by atoms with Gasteiger partial charge in [-0.25, -0.2) is 4.79 Å². The van der Waals surface area contributed by atoms with Gasteiger partial charge in [0.2, 0.25) is 11.5 Å².